The van der Waals surface area contributed by atoms with Gasteiger partial charge in [0, 0.05) is 12.2 Å². The SMILES string of the molecule is CNCc1cccc(NC(=O)c2ccoc2)c1. The van der Waals surface area contributed by atoms with Crippen molar-refractivity contribution in [2.45, 2.75) is 6.54 Å². The third-order valence-electron chi connectivity index (χ3n) is 2.35. The van der Waals surface area contributed by atoms with E-state index in [2.05, 4.69) is 10.6 Å². The van der Waals surface area contributed by atoms with Crippen LogP contribution in [0.25, 0.3) is 0 Å². The summed E-state index contributed by atoms with van der Waals surface area (Å²) in [6, 6.07) is 9.35. The van der Waals surface area contributed by atoms with Gasteiger partial charge >= 0.3 is 0 Å². The molecule has 88 valence electrons. The summed E-state index contributed by atoms with van der Waals surface area (Å²) in [5, 5.41) is 5.88. The van der Waals surface area contributed by atoms with Crippen molar-refractivity contribution >= 4 is 11.6 Å². The van der Waals surface area contributed by atoms with Gasteiger partial charge in [0.25, 0.3) is 5.91 Å². The molecule has 0 saturated heterocycles. The molecule has 4 nitrogen and oxygen atoms in total. The molecule has 1 heterocycles. The van der Waals surface area contributed by atoms with E-state index in [0.29, 0.717) is 5.56 Å². The van der Waals surface area contributed by atoms with Crippen molar-refractivity contribution in [1.29, 1.82) is 0 Å². The number of rotatable bonds is 4. The molecule has 0 radical (unpaired) electrons. The molecule has 0 aliphatic carbocycles. The fourth-order valence-corrected chi connectivity index (χ4v) is 1.56. The summed E-state index contributed by atoms with van der Waals surface area (Å²) in [5.74, 6) is -0.166. The molecule has 0 aliphatic heterocycles. The summed E-state index contributed by atoms with van der Waals surface area (Å²) in [7, 11) is 1.89. The van der Waals surface area contributed by atoms with Crippen LogP contribution < -0.4 is 10.6 Å². The molecule has 2 aromatic rings. The van der Waals surface area contributed by atoms with Gasteiger partial charge in [0.15, 0.2) is 0 Å². The summed E-state index contributed by atoms with van der Waals surface area (Å²) in [6.45, 7) is 0.773. The summed E-state index contributed by atoms with van der Waals surface area (Å²) < 4.78 is 4.86. The maximum Gasteiger partial charge on any atom is 0.258 e. The van der Waals surface area contributed by atoms with E-state index in [1.54, 1.807) is 6.07 Å². The van der Waals surface area contributed by atoms with E-state index in [0.717, 1.165) is 17.8 Å². The molecule has 0 unspecified atom stereocenters. The first-order valence-electron chi connectivity index (χ1n) is 5.36. The Morgan fingerprint density at radius 3 is 2.94 bits per heavy atom. The first kappa shape index (κ1) is 11.4. The number of amides is 1. The van der Waals surface area contributed by atoms with Crippen LogP contribution in [0.1, 0.15) is 15.9 Å². The Balaban J connectivity index is 2.08. The number of benzene rings is 1. The normalized spacial score (nSPS) is 10.2. The van der Waals surface area contributed by atoms with E-state index in [-0.39, 0.29) is 5.91 Å². The molecule has 17 heavy (non-hydrogen) atoms. The Labute approximate surface area is 99.6 Å². The molecule has 0 aliphatic rings. The van der Waals surface area contributed by atoms with Crippen LogP contribution in [0.2, 0.25) is 0 Å². The van der Waals surface area contributed by atoms with Gasteiger partial charge in [-0.3, -0.25) is 4.79 Å². The Morgan fingerprint density at radius 1 is 1.35 bits per heavy atom. The lowest BCUT2D eigenvalue weighted by atomic mass is 10.2. The average molecular weight is 230 g/mol. The van der Waals surface area contributed by atoms with Crippen LogP contribution in [0.4, 0.5) is 5.69 Å². The molecule has 1 aromatic carbocycles. The Kier molecular flexibility index (Phi) is 3.57. The fraction of sp³-hybridized carbons (Fsp3) is 0.154. The highest BCUT2D eigenvalue weighted by molar-refractivity contribution is 6.03. The molecule has 0 spiro atoms. The van der Waals surface area contributed by atoms with E-state index in [1.165, 1.54) is 12.5 Å². The van der Waals surface area contributed by atoms with Crippen LogP contribution in [-0.4, -0.2) is 13.0 Å². The maximum absolute atomic E-state index is 11.8. The van der Waals surface area contributed by atoms with Gasteiger partial charge in [-0.25, -0.2) is 0 Å². The van der Waals surface area contributed by atoms with E-state index < -0.39 is 0 Å². The first-order valence-corrected chi connectivity index (χ1v) is 5.36. The topological polar surface area (TPSA) is 54.3 Å². The lowest BCUT2D eigenvalue weighted by Crippen LogP contribution is -2.11. The monoisotopic (exact) mass is 230 g/mol. The molecule has 0 bridgehead atoms. The van der Waals surface area contributed by atoms with Gasteiger partial charge in [0.2, 0.25) is 0 Å². The summed E-state index contributed by atoms with van der Waals surface area (Å²) in [5.41, 5.74) is 2.42. The highest BCUT2D eigenvalue weighted by atomic mass is 16.3. The van der Waals surface area contributed by atoms with Crippen molar-refractivity contribution in [3.63, 3.8) is 0 Å². The number of hydrogen-bond donors (Lipinski definition) is 2. The number of hydrogen-bond acceptors (Lipinski definition) is 3. The number of anilines is 1. The van der Waals surface area contributed by atoms with Gasteiger partial charge in [0.1, 0.15) is 6.26 Å². The van der Waals surface area contributed by atoms with Crippen molar-refractivity contribution < 1.29 is 9.21 Å². The predicted octanol–water partition coefficient (Wildman–Crippen LogP) is 2.25. The highest BCUT2D eigenvalue weighted by Crippen LogP contribution is 2.12. The molecule has 0 atom stereocenters. The van der Waals surface area contributed by atoms with Gasteiger partial charge in [-0.1, -0.05) is 12.1 Å². The fourth-order valence-electron chi connectivity index (χ4n) is 1.56. The highest BCUT2D eigenvalue weighted by Gasteiger charge is 2.06. The van der Waals surface area contributed by atoms with Gasteiger partial charge in [-0.05, 0) is 30.8 Å². The van der Waals surface area contributed by atoms with Gasteiger partial charge in [-0.15, -0.1) is 0 Å². The second-order valence-electron chi connectivity index (χ2n) is 3.70. The van der Waals surface area contributed by atoms with Crippen molar-refractivity contribution in [3.8, 4) is 0 Å². The zero-order chi connectivity index (χ0) is 12.1. The molecule has 2 N–H and O–H groups in total. The molecule has 0 fully saturated rings. The third kappa shape index (κ3) is 2.95. The Bertz CT molecular complexity index is 492. The number of carbonyl (C=O) groups excluding carboxylic acids is 1. The molecule has 4 heteroatoms. The van der Waals surface area contributed by atoms with E-state index >= 15 is 0 Å². The average Bonchev–Trinajstić information content (AvgIpc) is 2.83. The largest absolute Gasteiger partial charge is 0.472 e. The van der Waals surface area contributed by atoms with Crippen molar-refractivity contribution in [1.82, 2.24) is 5.32 Å². The second kappa shape index (κ2) is 5.32. The quantitative estimate of drug-likeness (QED) is 0.847. The lowest BCUT2D eigenvalue weighted by Gasteiger charge is -2.06. The van der Waals surface area contributed by atoms with Crippen molar-refractivity contribution in [2.75, 3.05) is 12.4 Å². The summed E-state index contributed by atoms with van der Waals surface area (Å²) in [4.78, 5) is 11.8. The Hall–Kier alpha value is -2.07. The first-order chi connectivity index (χ1) is 8.29. The Morgan fingerprint density at radius 2 is 2.24 bits per heavy atom. The zero-order valence-electron chi connectivity index (χ0n) is 9.57. The standard InChI is InChI=1S/C13H14N2O2/c1-14-8-10-3-2-4-12(7-10)15-13(16)11-5-6-17-9-11/h2-7,9,14H,8H2,1H3,(H,15,16). The van der Waals surface area contributed by atoms with Crippen LogP contribution in [0.5, 0.6) is 0 Å². The molecule has 2 rings (SSSR count). The molecular weight excluding hydrogens is 216 g/mol. The van der Waals surface area contributed by atoms with Crippen molar-refractivity contribution in [2.24, 2.45) is 0 Å². The van der Waals surface area contributed by atoms with Crippen LogP contribution in [0.3, 0.4) is 0 Å². The molecule has 0 saturated carbocycles. The predicted molar refractivity (Wildman–Crippen MR) is 65.9 cm³/mol. The maximum atomic E-state index is 11.8. The van der Waals surface area contributed by atoms with E-state index in [9.17, 15) is 4.79 Å². The number of nitrogens with one attached hydrogen (secondary N) is 2. The van der Waals surface area contributed by atoms with Crippen LogP contribution >= 0.6 is 0 Å². The lowest BCUT2D eigenvalue weighted by molar-refractivity contribution is 0.102. The van der Waals surface area contributed by atoms with Gasteiger partial charge < -0.3 is 15.1 Å². The number of furan rings is 1. The minimum absolute atomic E-state index is 0.166. The summed E-state index contributed by atoms with van der Waals surface area (Å²) in [6.07, 6.45) is 2.90. The zero-order valence-corrected chi connectivity index (χ0v) is 9.57. The van der Waals surface area contributed by atoms with Crippen molar-refractivity contribution in [3.05, 3.63) is 54.0 Å². The van der Waals surface area contributed by atoms with E-state index in [1.807, 2.05) is 31.3 Å². The van der Waals surface area contributed by atoms with Crippen LogP contribution in [0, 0.1) is 0 Å². The van der Waals surface area contributed by atoms with Gasteiger partial charge in [0.05, 0.1) is 11.8 Å². The second-order valence-corrected chi connectivity index (χ2v) is 3.70. The van der Waals surface area contributed by atoms with Crippen LogP contribution in [-0.2, 0) is 6.54 Å². The van der Waals surface area contributed by atoms with E-state index in [4.69, 9.17) is 4.42 Å². The minimum Gasteiger partial charge on any atom is -0.472 e. The minimum atomic E-state index is -0.166. The van der Waals surface area contributed by atoms with Crippen LogP contribution in [0.15, 0.2) is 47.3 Å². The van der Waals surface area contributed by atoms with Gasteiger partial charge in [-0.2, -0.15) is 0 Å². The molecular formula is C13H14N2O2. The smallest absolute Gasteiger partial charge is 0.258 e. The number of carbonyl (C=O) groups is 1. The third-order valence-corrected chi connectivity index (χ3v) is 2.35. The summed E-state index contributed by atoms with van der Waals surface area (Å²) >= 11 is 0. The molecule has 1 amide bonds. The molecule has 1 aromatic heterocycles.